The molecule has 4 N–H and O–H groups in total. The third kappa shape index (κ3) is 135. The van der Waals surface area contributed by atoms with Crippen LogP contribution in [0.2, 0.25) is 0 Å². The number of carbonyl (C=O) groups excluding carboxylic acids is 2. The molecule has 0 aromatic rings. The van der Waals surface area contributed by atoms with Crippen LogP contribution in [-0.4, -0.2) is 606 Å². The van der Waals surface area contributed by atoms with E-state index in [1.54, 1.807) is 0 Å². The molecule has 0 rings (SSSR count). The van der Waals surface area contributed by atoms with E-state index in [4.69, 9.17) is 225 Å². The highest BCUT2D eigenvalue weighted by Crippen LogP contribution is 1.98. The molecule has 0 radical (unpaired) electrons. The minimum Gasteiger partial charge on any atom is -0.463 e. The van der Waals surface area contributed by atoms with Gasteiger partial charge in [-0.05, 0) is 0 Å². The molecule has 0 aliphatic carbocycles. The van der Waals surface area contributed by atoms with Crippen molar-refractivity contribution in [2.24, 2.45) is 11.5 Å². The Hall–Kier alpha value is -2.86. The van der Waals surface area contributed by atoms with E-state index in [-0.39, 0.29) is 51.1 Å². The number of carbonyl (C=O) groups is 2. The summed E-state index contributed by atoms with van der Waals surface area (Å²) in [7, 11) is 0. The molecule has 0 saturated carbocycles. The van der Waals surface area contributed by atoms with Crippen LogP contribution in [0.5, 0.6) is 0 Å². The quantitative estimate of drug-likeness (QED) is 0.0572. The monoisotopic (exact) mass is 2100 g/mol. The van der Waals surface area contributed by atoms with E-state index in [2.05, 4.69) is 0 Å². The van der Waals surface area contributed by atoms with Gasteiger partial charge in [0.2, 0.25) is 0 Å². The third-order valence-electron chi connectivity index (χ3n) is 17.3. The van der Waals surface area contributed by atoms with E-state index in [9.17, 15) is 9.59 Å². The van der Waals surface area contributed by atoms with Crippen molar-refractivity contribution >= 4 is 11.9 Å². The lowest BCUT2D eigenvalue weighted by Crippen LogP contribution is -2.16. The number of esters is 2. The average Bonchev–Trinajstić information content (AvgIpc) is 1.06. The Kier molecular flexibility index (Phi) is 132. The second-order valence-electron chi connectivity index (χ2n) is 28.9. The van der Waals surface area contributed by atoms with Crippen LogP contribution in [0.1, 0.15) is 12.8 Å². The van der Waals surface area contributed by atoms with Crippen LogP contribution in [-0.2, 0) is 223 Å². The van der Waals surface area contributed by atoms with Crippen molar-refractivity contribution in [1.82, 2.24) is 0 Å². The maximum atomic E-state index is 11.2. The van der Waals surface area contributed by atoms with Crippen molar-refractivity contribution in [2.45, 2.75) is 12.8 Å². The van der Waals surface area contributed by atoms with E-state index < -0.39 is 0 Å². The first-order valence-electron chi connectivity index (χ1n) is 50.7. The van der Waals surface area contributed by atoms with Crippen LogP contribution < -0.4 is 11.5 Å². The zero-order valence-electron chi connectivity index (χ0n) is 86.4. The predicted molar refractivity (Wildman–Crippen MR) is 514 cm³/mol. The molecular formula is C94H188N2O47. The first-order valence-corrected chi connectivity index (χ1v) is 50.7. The fourth-order valence-corrected chi connectivity index (χ4v) is 10.1. The fourth-order valence-electron chi connectivity index (χ4n) is 10.1. The molecule has 143 heavy (non-hydrogen) atoms. The van der Waals surface area contributed by atoms with E-state index in [0.29, 0.717) is 568 Å². The van der Waals surface area contributed by atoms with Gasteiger partial charge in [-0.1, -0.05) is 0 Å². The van der Waals surface area contributed by atoms with E-state index in [1.165, 1.54) is 0 Å². The summed E-state index contributed by atoms with van der Waals surface area (Å²) in [6, 6.07) is 0. The second kappa shape index (κ2) is 135. The molecule has 0 aliphatic rings. The van der Waals surface area contributed by atoms with E-state index in [0.717, 1.165) is 0 Å². The number of rotatable bonds is 136. The molecular weight excluding hydrogens is 1910 g/mol. The van der Waals surface area contributed by atoms with Crippen LogP contribution in [0.4, 0.5) is 0 Å². The van der Waals surface area contributed by atoms with Crippen LogP contribution in [0.25, 0.3) is 0 Å². The Labute approximate surface area is 850 Å². The lowest BCUT2D eigenvalue weighted by molar-refractivity contribution is -0.146. The summed E-state index contributed by atoms with van der Waals surface area (Å²) in [5, 5.41) is 0. The molecule has 49 heteroatoms. The van der Waals surface area contributed by atoms with Crippen molar-refractivity contribution in [1.29, 1.82) is 0 Å². The maximum Gasteiger partial charge on any atom is 0.307 e. The standard InChI is InChI=1S/C94H188N2O47/c95-3-1-93(97)142-91-89-140-87-85-138-83-81-136-79-77-134-75-73-132-71-69-130-67-65-128-63-61-126-59-57-124-55-53-122-51-49-120-47-45-118-43-41-116-39-37-114-35-33-112-31-29-110-27-25-108-23-21-106-19-17-104-15-13-102-11-9-100-7-5-99-6-8-101-10-12-103-14-16-105-18-20-107-22-24-109-26-28-111-30-32-113-34-36-115-38-40-117-42-44-119-46-48-121-50-52-123-54-56-125-58-60-127-62-64-129-66-68-131-70-72-133-74-76-135-78-80-137-82-84-139-86-88-141-90-92-143-94(98)2-4-96/h1-92,95-96H2. The summed E-state index contributed by atoms with van der Waals surface area (Å²) >= 11 is 0. The van der Waals surface area contributed by atoms with Gasteiger partial charge in [0.25, 0.3) is 0 Å². The van der Waals surface area contributed by atoms with Gasteiger partial charge in [-0.2, -0.15) is 0 Å². The molecule has 0 aromatic heterocycles. The molecule has 0 aromatic carbocycles. The summed E-state index contributed by atoms with van der Waals surface area (Å²) in [4.78, 5) is 22.4. The molecule has 0 heterocycles. The lowest BCUT2D eigenvalue weighted by atomic mass is 10.4. The number of nitrogens with two attached hydrogens (primary N) is 2. The Morgan fingerprint density at radius 1 is 0.0909 bits per heavy atom. The van der Waals surface area contributed by atoms with Crippen molar-refractivity contribution in [2.75, 3.05) is 594 Å². The van der Waals surface area contributed by atoms with Gasteiger partial charge in [0.1, 0.15) is 13.2 Å². The highest BCUT2D eigenvalue weighted by Gasteiger charge is 2.08. The first-order chi connectivity index (χ1) is 71.2. The van der Waals surface area contributed by atoms with Crippen molar-refractivity contribution < 1.29 is 223 Å². The Morgan fingerprint density at radius 3 is 0.189 bits per heavy atom. The van der Waals surface area contributed by atoms with Gasteiger partial charge in [0.05, 0.1) is 581 Å². The number of hydrogen-bond acceptors (Lipinski definition) is 49. The van der Waals surface area contributed by atoms with Crippen LogP contribution in [0, 0.1) is 0 Å². The minimum atomic E-state index is -0.322. The smallest absolute Gasteiger partial charge is 0.307 e. The predicted octanol–water partition coefficient (Wildman–Crippen LogP) is -0.516. The summed E-state index contributed by atoms with van der Waals surface area (Å²) in [5.74, 6) is -0.645. The number of hydrogen-bond donors (Lipinski definition) is 2. The molecule has 49 nitrogen and oxygen atoms in total. The molecule has 856 valence electrons. The lowest BCUT2D eigenvalue weighted by Gasteiger charge is -2.09. The molecule has 0 spiro atoms. The molecule has 0 amide bonds. The van der Waals surface area contributed by atoms with Crippen molar-refractivity contribution in [3.8, 4) is 0 Å². The summed E-state index contributed by atoms with van der Waals surface area (Å²) < 4.78 is 247. The highest BCUT2D eigenvalue weighted by molar-refractivity contribution is 5.69. The van der Waals surface area contributed by atoms with Gasteiger partial charge >= 0.3 is 11.9 Å². The fraction of sp³-hybridized carbons (Fsp3) is 0.979. The highest BCUT2D eigenvalue weighted by atomic mass is 16.7. The first kappa shape index (κ1) is 140. The Bertz CT molecular complexity index is 2010. The van der Waals surface area contributed by atoms with Gasteiger partial charge in [0.15, 0.2) is 0 Å². The molecule has 0 fully saturated rings. The van der Waals surface area contributed by atoms with Crippen LogP contribution in [0.3, 0.4) is 0 Å². The summed E-state index contributed by atoms with van der Waals surface area (Å²) in [6.45, 7) is 40.9. The summed E-state index contributed by atoms with van der Waals surface area (Å²) in [5.41, 5.74) is 10.6. The van der Waals surface area contributed by atoms with Gasteiger partial charge in [-0.25, -0.2) is 0 Å². The molecule has 0 unspecified atom stereocenters. The van der Waals surface area contributed by atoms with E-state index >= 15 is 0 Å². The Morgan fingerprint density at radius 2 is 0.140 bits per heavy atom. The summed E-state index contributed by atoms with van der Waals surface area (Å²) in [6.07, 6.45) is 0.417. The second-order valence-corrected chi connectivity index (χ2v) is 28.9. The normalized spacial score (nSPS) is 11.8. The molecule has 0 saturated heterocycles. The zero-order valence-corrected chi connectivity index (χ0v) is 86.4. The van der Waals surface area contributed by atoms with Crippen molar-refractivity contribution in [3.63, 3.8) is 0 Å². The molecule has 0 atom stereocenters. The molecule has 0 aliphatic heterocycles. The topological polar surface area (TPSA) is 502 Å². The minimum absolute atomic E-state index is 0.207. The molecule has 0 bridgehead atoms. The SMILES string of the molecule is NCCC(=O)OCCOCCOCCOCCOCCOCCOCCOCCOCCOCCOCCOCCOCCOCCOCCOCCOCCOCCOCCOCCOCCOCCOCCOCCOCCOCCOCCOCCOCCOCCOCCOCCOCCOCCOCCOCCOCCOCCOCCOCCOCCOCCOCCOCCOC(=O)CCN. The van der Waals surface area contributed by atoms with Crippen LogP contribution in [0.15, 0.2) is 0 Å². The largest absolute Gasteiger partial charge is 0.463 e. The third-order valence-corrected chi connectivity index (χ3v) is 17.3. The maximum absolute atomic E-state index is 11.2. The number of ether oxygens (including phenoxy) is 45. The van der Waals surface area contributed by atoms with Crippen molar-refractivity contribution in [3.05, 3.63) is 0 Å². The van der Waals surface area contributed by atoms with Gasteiger partial charge in [-0.3, -0.25) is 9.59 Å². The van der Waals surface area contributed by atoms with Gasteiger partial charge in [0, 0.05) is 13.1 Å². The average molecular weight is 2100 g/mol. The zero-order chi connectivity index (χ0) is 102. The Balaban J connectivity index is 3.11. The van der Waals surface area contributed by atoms with Crippen LogP contribution >= 0.6 is 0 Å². The van der Waals surface area contributed by atoms with Gasteiger partial charge in [-0.15, -0.1) is 0 Å². The van der Waals surface area contributed by atoms with Gasteiger partial charge < -0.3 is 225 Å². The van der Waals surface area contributed by atoms with E-state index in [1.807, 2.05) is 0 Å².